The number of aliphatic carboxylic acids is 1. The van der Waals surface area contributed by atoms with Crippen LogP contribution < -0.4 is 10.6 Å². The molecular weight excluding hydrogens is 290 g/mol. The Morgan fingerprint density at radius 1 is 1.38 bits per heavy atom. The van der Waals surface area contributed by atoms with E-state index in [1.165, 1.54) is 11.3 Å². The number of hydrogen-bond donors (Lipinski definition) is 3. The number of fused-ring (bicyclic) bond motifs is 1. The number of urea groups is 1. The van der Waals surface area contributed by atoms with Gasteiger partial charge in [-0.1, -0.05) is 0 Å². The van der Waals surface area contributed by atoms with E-state index in [1.54, 1.807) is 11.6 Å². The highest BCUT2D eigenvalue weighted by atomic mass is 32.1. The Balaban J connectivity index is 1.66. The summed E-state index contributed by atoms with van der Waals surface area (Å²) in [5.74, 6) is -0.888. The standard InChI is InChI=1S/C14H15N3O3S/c18-12(19)7-14(4-1-5-14)17-13(20)16-9-2-3-10-11(6-9)21-8-15-10/h2-3,6,8H,1,4-5,7H2,(H,18,19)(H2,16,17,20). The number of aromatic nitrogens is 1. The van der Waals surface area contributed by atoms with Gasteiger partial charge in [-0.05, 0) is 37.5 Å². The van der Waals surface area contributed by atoms with E-state index in [-0.39, 0.29) is 12.5 Å². The van der Waals surface area contributed by atoms with E-state index < -0.39 is 11.5 Å². The third-order valence-corrected chi connectivity index (χ3v) is 4.56. The average Bonchev–Trinajstić information content (AvgIpc) is 2.82. The SMILES string of the molecule is O=C(O)CC1(NC(=O)Nc2ccc3ncsc3c2)CCC1. The number of amides is 2. The van der Waals surface area contributed by atoms with Crippen molar-refractivity contribution in [3.05, 3.63) is 23.7 Å². The van der Waals surface area contributed by atoms with Gasteiger partial charge in [-0.3, -0.25) is 4.79 Å². The monoisotopic (exact) mass is 305 g/mol. The van der Waals surface area contributed by atoms with Gasteiger partial charge in [0.1, 0.15) is 0 Å². The summed E-state index contributed by atoms with van der Waals surface area (Å²) in [6, 6.07) is 5.13. The Kier molecular flexibility index (Phi) is 3.50. The van der Waals surface area contributed by atoms with Gasteiger partial charge in [-0.15, -0.1) is 11.3 Å². The Morgan fingerprint density at radius 3 is 2.86 bits per heavy atom. The lowest BCUT2D eigenvalue weighted by Gasteiger charge is -2.41. The zero-order chi connectivity index (χ0) is 14.9. The van der Waals surface area contributed by atoms with Crippen LogP contribution in [0.2, 0.25) is 0 Å². The molecule has 0 unspecified atom stereocenters. The molecule has 6 nitrogen and oxygen atoms in total. The minimum atomic E-state index is -0.888. The zero-order valence-corrected chi connectivity index (χ0v) is 12.1. The van der Waals surface area contributed by atoms with Crippen LogP contribution in [0.3, 0.4) is 0 Å². The maximum absolute atomic E-state index is 12.0. The first kappa shape index (κ1) is 13.8. The second-order valence-corrected chi connectivity index (χ2v) is 6.20. The molecule has 1 aliphatic rings. The molecule has 1 saturated carbocycles. The van der Waals surface area contributed by atoms with E-state index in [1.807, 2.05) is 12.1 Å². The van der Waals surface area contributed by atoms with Gasteiger partial charge in [-0.25, -0.2) is 9.78 Å². The summed E-state index contributed by atoms with van der Waals surface area (Å²) < 4.78 is 0.997. The van der Waals surface area contributed by atoms with Gasteiger partial charge in [0.15, 0.2) is 0 Å². The van der Waals surface area contributed by atoms with Crippen LogP contribution in [0.4, 0.5) is 10.5 Å². The van der Waals surface area contributed by atoms with Crippen molar-refractivity contribution < 1.29 is 14.7 Å². The summed E-state index contributed by atoms with van der Waals surface area (Å²) in [5, 5.41) is 14.5. The molecule has 0 atom stereocenters. The molecule has 2 amide bonds. The molecule has 3 N–H and O–H groups in total. The number of rotatable bonds is 4. The van der Waals surface area contributed by atoms with Gasteiger partial charge in [0, 0.05) is 5.69 Å². The average molecular weight is 305 g/mol. The van der Waals surface area contributed by atoms with Crippen LogP contribution in [0.5, 0.6) is 0 Å². The zero-order valence-electron chi connectivity index (χ0n) is 11.3. The molecule has 1 aliphatic carbocycles. The van der Waals surface area contributed by atoms with E-state index in [2.05, 4.69) is 15.6 Å². The first-order chi connectivity index (χ1) is 10.1. The summed E-state index contributed by atoms with van der Waals surface area (Å²) in [6.45, 7) is 0. The lowest BCUT2D eigenvalue weighted by atomic mass is 9.74. The van der Waals surface area contributed by atoms with Crippen molar-refractivity contribution in [3.8, 4) is 0 Å². The van der Waals surface area contributed by atoms with Gasteiger partial charge >= 0.3 is 12.0 Å². The van der Waals surface area contributed by atoms with E-state index >= 15 is 0 Å². The van der Waals surface area contributed by atoms with E-state index in [0.29, 0.717) is 18.5 Å². The maximum Gasteiger partial charge on any atom is 0.319 e. The third-order valence-electron chi connectivity index (χ3n) is 3.77. The lowest BCUT2D eigenvalue weighted by Crippen LogP contribution is -2.55. The first-order valence-electron chi connectivity index (χ1n) is 6.71. The first-order valence-corrected chi connectivity index (χ1v) is 7.59. The Bertz CT molecular complexity index is 694. The fraction of sp³-hybridized carbons (Fsp3) is 0.357. The van der Waals surface area contributed by atoms with Gasteiger partial charge in [0.05, 0.1) is 27.7 Å². The van der Waals surface area contributed by atoms with Gasteiger partial charge in [0.2, 0.25) is 0 Å². The van der Waals surface area contributed by atoms with Crippen molar-refractivity contribution in [1.82, 2.24) is 10.3 Å². The molecule has 1 heterocycles. The van der Waals surface area contributed by atoms with E-state index in [4.69, 9.17) is 5.11 Å². The van der Waals surface area contributed by atoms with E-state index in [0.717, 1.165) is 16.6 Å². The van der Waals surface area contributed by atoms with Crippen molar-refractivity contribution in [2.45, 2.75) is 31.2 Å². The summed E-state index contributed by atoms with van der Waals surface area (Å²) in [5.41, 5.74) is 2.73. The largest absolute Gasteiger partial charge is 0.481 e. The number of nitrogens with one attached hydrogen (secondary N) is 2. The topological polar surface area (TPSA) is 91.3 Å². The fourth-order valence-corrected chi connectivity index (χ4v) is 3.29. The highest BCUT2D eigenvalue weighted by Crippen LogP contribution is 2.35. The summed E-state index contributed by atoms with van der Waals surface area (Å²) in [4.78, 5) is 27.1. The van der Waals surface area contributed by atoms with Crippen molar-refractivity contribution in [2.24, 2.45) is 0 Å². The second-order valence-electron chi connectivity index (χ2n) is 5.32. The van der Waals surface area contributed by atoms with Crippen LogP contribution in [0.1, 0.15) is 25.7 Å². The molecule has 0 radical (unpaired) electrons. The van der Waals surface area contributed by atoms with Crippen molar-refractivity contribution in [1.29, 1.82) is 0 Å². The number of carboxylic acids is 1. The van der Waals surface area contributed by atoms with Crippen molar-refractivity contribution in [3.63, 3.8) is 0 Å². The maximum atomic E-state index is 12.0. The lowest BCUT2D eigenvalue weighted by molar-refractivity contribution is -0.139. The molecule has 0 spiro atoms. The molecule has 110 valence electrons. The highest BCUT2D eigenvalue weighted by Gasteiger charge is 2.40. The number of nitrogens with zero attached hydrogens (tertiary/aromatic N) is 1. The smallest absolute Gasteiger partial charge is 0.319 e. The van der Waals surface area contributed by atoms with Crippen molar-refractivity contribution >= 4 is 39.2 Å². The normalized spacial score (nSPS) is 16.2. The number of hydrogen-bond acceptors (Lipinski definition) is 4. The summed E-state index contributed by atoms with van der Waals surface area (Å²) in [7, 11) is 0. The van der Waals surface area contributed by atoms with Gasteiger partial charge in [0.25, 0.3) is 0 Å². The quantitative estimate of drug-likeness (QED) is 0.810. The Morgan fingerprint density at radius 2 is 2.19 bits per heavy atom. The molecule has 0 bridgehead atoms. The second kappa shape index (κ2) is 5.33. The van der Waals surface area contributed by atoms with Gasteiger partial charge in [-0.2, -0.15) is 0 Å². The van der Waals surface area contributed by atoms with Gasteiger partial charge < -0.3 is 15.7 Å². The number of carbonyl (C=O) groups is 2. The number of carbonyl (C=O) groups excluding carboxylic acids is 1. The predicted molar refractivity (Wildman–Crippen MR) is 80.6 cm³/mol. The molecule has 1 aromatic carbocycles. The number of carboxylic acid groups (broad SMARTS) is 1. The van der Waals surface area contributed by atoms with Crippen LogP contribution in [0.15, 0.2) is 23.7 Å². The van der Waals surface area contributed by atoms with Crippen LogP contribution in [-0.4, -0.2) is 27.6 Å². The van der Waals surface area contributed by atoms with Crippen LogP contribution >= 0.6 is 11.3 Å². The molecule has 7 heteroatoms. The minimum absolute atomic E-state index is 0.0334. The molecular formula is C14H15N3O3S. The minimum Gasteiger partial charge on any atom is -0.481 e. The van der Waals surface area contributed by atoms with E-state index in [9.17, 15) is 9.59 Å². The summed E-state index contributed by atoms with van der Waals surface area (Å²) >= 11 is 1.51. The number of benzene rings is 1. The predicted octanol–water partition coefficient (Wildman–Crippen LogP) is 2.82. The third kappa shape index (κ3) is 2.97. The van der Waals surface area contributed by atoms with Crippen LogP contribution in [0.25, 0.3) is 10.2 Å². The molecule has 0 aliphatic heterocycles. The number of anilines is 1. The molecule has 3 rings (SSSR count). The Hall–Kier alpha value is -2.15. The van der Waals surface area contributed by atoms with Crippen LogP contribution in [0, 0.1) is 0 Å². The molecule has 1 aromatic heterocycles. The molecule has 0 saturated heterocycles. The van der Waals surface area contributed by atoms with Crippen LogP contribution in [-0.2, 0) is 4.79 Å². The number of thiazole rings is 1. The molecule has 21 heavy (non-hydrogen) atoms. The summed E-state index contributed by atoms with van der Waals surface area (Å²) in [6.07, 6.45) is 2.33. The highest BCUT2D eigenvalue weighted by molar-refractivity contribution is 7.16. The molecule has 1 fully saturated rings. The molecule has 2 aromatic rings. The Labute approximate surface area is 125 Å². The fourth-order valence-electron chi connectivity index (χ4n) is 2.58. The van der Waals surface area contributed by atoms with Crippen molar-refractivity contribution in [2.75, 3.05) is 5.32 Å².